The van der Waals surface area contributed by atoms with Gasteiger partial charge < -0.3 is 9.15 Å². The molecule has 1 aliphatic carbocycles. The summed E-state index contributed by atoms with van der Waals surface area (Å²) in [6, 6.07) is 3.67. The zero-order chi connectivity index (χ0) is 15.5. The molecule has 0 unspecified atom stereocenters. The normalized spacial score (nSPS) is 13.2. The second-order valence-corrected chi connectivity index (χ2v) is 5.48. The number of hydrogen-bond acceptors (Lipinski definition) is 4. The Kier molecular flexibility index (Phi) is 4.18. The van der Waals surface area contributed by atoms with Crippen molar-refractivity contribution in [3.63, 3.8) is 0 Å². The topological polar surface area (TPSA) is 60.5 Å². The molecule has 0 aromatic carbocycles. The molecule has 0 aliphatic heterocycles. The number of furan rings is 1. The molecule has 118 valence electrons. The van der Waals surface area contributed by atoms with Gasteiger partial charge in [0.05, 0.1) is 31.7 Å². The molecule has 1 aliphatic rings. The lowest BCUT2D eigenvalue weighted by Gasteiger charge is -2.20. The van der Waals surface area contributed by atoms with Crippen LogP contribution in [0.25, 0.3) is 0 Å². The molecular formula is C16H21N3O3. The molecular weight excluding hydrogens is 282 g/mol. The largest absolute Gasteiger partial charge is 0.467 e. The summed E-state index contributed by atoms with van der Waals surface area (Å²) in [5, 5.41) is 4.58. The molecule has 6 heteroatoms. The van der Waals surface area contributed by atoms with Crippen molar-refractivity contribution < 1.29 is 13.9 Å². The summed E-state index contributed by atoms with van der Waals surface area (Å²) in [4.78, 5) is 13.9. The van der Waals surface area contributed by atoms with Gasteiger partial charge in [-0.1, -0.05) is 0 Å². The minimum absolute atomic E-state index is 0.337. The minimum Gasteiger partial charge on any atom is -0.467 e. The van der Waals surface area contributed by atoms with Gasteiger partial charge in [-0.15, -0.1) is 0 Å². The lowest BCUT2D eigenvalue weighted by Crippen LogP contribution is -2.31. The molecule has 6 nitrogen and oxygen atoms in total. The van der Waals surface area contributed by atoms with E-state index in [4.69, 9.17) is 9.15 Å². The molecule has 0 atom stereocenters. The summed E-state index contributed by atoms with van der Waals surface area (Å²) in [5.41, 5.74) is 3.54. The van der Waals surface area contributed by atoms with E-state index in [-0.39, 0.29) is 6.09 Å². The first-order valence-electron chi connectivity index (χ1n) is 7.66. The predicted molar refractivity (Wildman–Crippen MR) is 80.2 cm³/mol. The maximum atomic E-state index is 12.2. The molecule has 2 heterocycles. The van der Waals surface area contributed by atoms with Gasteiger partial charge in [0.25, 0.3) is 0 Å². The maximum Gasteiger partial charge on any atom is 0.410 e. The summed E-state index contributed by atoms with van der Waals surface area (Å²) in [6.07, 6.45) is 4.53. The van der Waals surface area contributed by atoms with E-state index in [1.54, 1.807) is 18.1 Å². The number of aryl methyl sites for hydroxylation is 1. The molecule has 2 aromatic rings. The van der Waals surface area contributed by atoms with Crippen LogP contribution < -0.4 is 0 Å². The number of aromatic nitrogens is 2. The molecule has 1 amide bonds. The van der Waals surface area contributed by atoms with Gasteiger partial charge in [0.15, 0.2) is 0 Å². The Labute approximate surface area is 129 Å². The van der Waals surface area contributed by atoms with Crippen molar-refractivity contribution in [2.75, 3.05) is 6.61 Å². The first kappa shape index (κ1) is 14.7. The fourth-order valence-corrected chi connectivity index (χ4v) is 3.00. The molecule has 2 aromatic heterocycles. The summed E-state index contributed by atoms with van der Waals surface area (Å²) in [5.74, 6) is 0.737. The van der Waals surface area contributed by atoms with E-state index >= 15 is 0 Å². The molecule has 3 rings (SSSR count). The molecule has 22 heavy (non-hydrogen) atoms. The Balaban J connectivity index is 1.80. The van der Waals surface area contributed by atoms with Crippen LogP contribution in [0.5, 0.6) is 0 Å². The van der Waals surface area contributed by atoms with E-state index in [1.807, 2.05) is 23.9 Å². The summed E-state index contributed by atoms with van der Waals surface area (Å²) >= 11 is 0. The number of fused-ring (bicyclic) bond motifs is 1. The van der Waals surface area contributed by atoms with Gasteiger partial charge in [-0.2, -0.15) is 5.10 Å². The maximum absolute atomic E-state index is 12.2. The molecule has 0 saturated heterocycles. The Hall–Kier alpha value is -2.24. The second kappa shape index (κ2) is 6.25. The van der Waals surface area contributed by atoms with Crippen LogP contribution in [0.4, 0.5) is 4.79 Å². The fourth-order valence-electron chi connectivity index (χ4n) is 3.00. The van der Waals surface area contributed by atoms with Crippen molar-refractivity contribution in [1.82, 2.24) is 14.7 Å². The number of hydrogen-bond donors (Lipinski definition) is 0. The Morgan fingerprint density at radius 3 is 3.05 bits per heavy atom. The highest BCUT2D eigenvalue weighted by Crippen LogP contribution is 2.26. The van der Waals surface area contributed by atoms with E-state index in [0.717, 1.165) is 30.7 Å². The molecule has 0 fully saturated rings. The van der Waals surface area contributed by atoms with E-state index < -0.39 is 0 Å². The molecule has 0 radical (unpaired) electrons. The SMILES string of the molecule is CCOC(=O)N(Cc1ccco1)Cc1nn(C)c2c1CCC2. The van der Waals surface area contributed by atoms with Gasteiger partial charge in [0, 0.05) is 12.7 Å². The van der Waals surface area contributed by atoms with Crippen LogP contribution in [0, 0.1) is 0 Å². The number of carbonyl (C=O) groups excluding carboxylic acids is 1. The van der Waals surface area contributed by atoms with Crippen molar-refractivity contribution >= 4 is 6.09 Å². The first-order valence-corrected chi connectivity index (χ1v) is 7.66. The van der Waals surface area contributed by atoms with Gasteiger partial charge >= 0.3 is 6.09 Å². The van der Waals surface area contributed by atoms with E-state index in [0.29, 0.717) is 19.7 Å². The lowest BCUT2D eigenvalue weighted by molar-refractivity contribution is 0.0981. The van der Waals surface area contributed by atoms with Crippen LogP contribution in [0.2, 0.25) is 0 Å². The monoisotopic (exact) mass is 303 g/mol. The van der Waals surface area contributed by atoms with Crippen molar-refractivity contribution in [3.8, 4) is 0 Å². The Morgan fingerprint density at radius 1 is 1.45 bits per heavy atom. The first-order chi connectivity index (χ1) is 10.7. The third-order valence-corrected chi connectivity index (χ3v) is 3.99. The van der Waals surface area contributed by atoms with Gasteiger partial charge in [-0.3, -0.25) is 9.58 Å². The third-order valence-electron chi connectivity index (χ3n) is 3.99. The van der Waals surface area contributed by atoms with Crippen molar-refractivity contribution in [3.05, 3.63) is 41.1 Å². The van der Waals surface area contributed by atoms with Crippen LogP contribution in [0.15, 0.2) is 22.8 Å². The standard InChI is InChI=1S/C16H21N3O3/c1-3-21-16(20)19(10-12-6-5-9-22-12)11-14-13-7-4-8-15(13)18(2)17-14/h5-6,9H,3-4,7-8,10-11H2,1-2H3. The summed E-state index contributed by atoms with van der Waals surface area (Å²) in [6.45, 7) is 3.00. The smallest absolute Gasteiger partial charge is 0.410 e. The minimum atomic E-state index is -0.337. The number of ether oxygens (including phenoxy) is 1. The Bertz CT molecular complexity index is 646. The van der Waals surface area contributed by atoms with E-state index in [2.05, 4.69) is 5.10 Å². The number of rotatable bonds is 5. The van der Waals surface area contributed by atoms with Gasteiger partial charge in [0.2, 0.25) is 0 Å². The number of carbonyl (C=O) groups is 1. The van der Waals surface area contributed by atoms with E-state index in [9.17, 15) is 4.79 Å². The average Bonchev–Trinajstić information content (AvgIpc) is 3.20. The summed E-state index contributed by atoms with van der Waals surface area (Å²) in [7, 11) is 1.97. The van der Waals surface area contributed by atoms with Crippen molar-refractivity contribution in [2.24, 2.45) is 7.05 Å². The highest BCUT2D eigenvalue weighted by atomic mass is 16.6. The predicted octanol–water partition coefficient (Wildman–Crippen LogP) is 2.66. The van der Waals surface area contributed by atoms with Crippen LogP contribution in [-0.4, -0.2) is 27.4 Å². The van der Waals surface area contributed by atoms with Crippen molar-refractivity contribution in [1.29, 1.82) is 0 Å². The van der Waals surface area contributed by atoms with Gasteiger partial charge in [-0.25, -0.2) is 4.79 Å². The lowest BCUT2D eigenvalue weighted by atomic mass is 10.2. The van der Waals surface area contributed by atoms with Gasteiger partial charge in [0.1, 0.15) is 5.76 Å². The average molecular weight is 303 g/mol. The van der Waals surface area contributed by atoms with Crippen molar-refractivity contribution in [2.45, 2.75) is 39.3 Å². The van der Waals surface area contributed by atoms with E-state index in [1.165, 1.54) is 11.3 Å². The Morgan fingerprint density at radius 2 is 2.32 bits per heavy atom. The zero-order valence-corrected chi connectivity index (χ0v) is 13.0. The summed E-state index contributed by atoms with van der Waals surface area (Å²) < 4.78 is 12.5. The molecule has 0 N–H and O–H groups in total. The zero-order valence-electron chi connectivity index (χ0n) is 13.0. The van der Waals surface area contributed by atoms with Crippen LogP contribution >= 0.6 is 0 Å². The third kappa shape index (κ3) is 2.86. The molecule has 0 bridgehead atoms. The highest BCUT2D eigenvalue weighted by Gasteiger charge is 2.25. The van der Waals surface area contributed by atoms with Crippen LogP contribution in [-0.2, 0) is 37.7 Å². The van der Waals surface area contributed by atoms with Crippen LogP contribution in [0.1, 0.15) is 36.1 Å². The molecule has 0 spiro atoms. The number of amides is 1. The fraction of sp³-hybridized carbons (Fsp3) is 0.500. The van der Waals surface area contributed by atoms with Gasteiger partial charge in [-0.05, 0) is 43.9 Å². The quantitative estimate of drug-likeness (QED) is 0.852. The molecule has 0 saturated carbocycles. The second-order valence-electron chi connectivity index (χ2n) is 5.48. The van der Waals surface area contributed by atoms with Crippen LogP contribution in [0.3, 0.4) is 0 Å². The number of nitrogens with zero attached hydrogens (tertiary/aromatic N) is 3. The highest BCUT2D eigenvalue weighted by molar-refractivity contribution is 5.67.